The van der Waals surface area contributed by atoms with Crippen LogP contribution in [0, 0.1) is 33.5 Å². The fourth-order valence-electron chi connectivity index (χ4n) is 5.32. The molecule has 0 bridgehead atoms. The number of rotatable bonds is 7. The maximum absolute atomic E-state index is 10.2. The minimum atomic E-state index is -0.566. The standard InChI is InChI=1S/C32H32N2/c1-31(2,21-33)20-25(28-17-9-13-23-11-5-7-15-26(23)28)19-30(32(3,4)22-34)29-18-10-14-24-12-6-8-16-27(24)29/h5-18,25,30H,19-20H2,1-4H3/t25-,30-/m0/s1. The van der Waals surface area contributed by atoms with Gasteiger partial charge in [-0.3, -0.25) is 0 Å². The van der Waals surface area contributed by atoms with E-state index in [2.05, 4.69) is 111 Å². The molecule has 4 aromatic carbocycles. The van der Waals surface area contributed by atoms with E-state index in [9.17, 15) is 10.5 Å². The fourth-order valence-corrected chi connectivity index (χ4v) is 5.32. The summed E-state index contributed by atoms with van der Waals surface area (Å²) in [6.07, 6.45) is 1.54. The van der Waals surface area contributed by atoms with Gasteiger partial charge in [-0.25, -0.2) is 0 Å². The highest BCUT2D eigenvalue weighted by Crippen LogP contribution is 2.47. The van der Waals surface area contributed by atoms with E-state index in [1.165, 1.54) is 32.7 Å². The monoisotopic (exact) mass is 444 g/mol. The normalized spacial score (nSPS) is 13.8. The van der Waals surface area contributed by atoms with Gasteiger partial charge in [0.2, 0.25) is 0 Å². The number of fused-ring (bicyclic) bond motifs is 2. The molecular weight excluding hydrogens is 412 g/mol. The highest BCUT2D eigenvalue weighted by atomic mass is 14.4. The Morgan fingerprint density at radius 1 is 0.647 bits per heavy atom. The quantitative estimate of drug-likeness (QED) is 0.286. The highest BCUT2D eigenvalue weighted by molar-refractivity contribution is 5.87. The maximum Gasteiger partial charge on any atom is 0.0690 e. The fraction of sp³-hybridized carbons (Fsp3) is 0.312. The van der Waals surface area contributed by atoms with Crippen LogP contribution < -0.4 is 0 Å². The van der Waals surface area contributed by atoms with E-state index in [1.807, 2.05) is 13.8 Å². The van der Waals surface area contributed by atoms with Gasteiger partial charge in [-0.1, -0.05) is 84.9 Å². The van der Waals surface area contributed by atoms with Crippen molar-refractivity contribution in [2.45, 2.75) is 52.4 Å². The minimum Gasteiger partial charge on any atom is -0.198 e. The molecule has 0 unspecified atom stereocenters. The lowest BCUT2D eigenvalue weighted by molar-refractivity contribution is 0.307. The Balaban J connectivity index is 1.89. The summed E-state index contributed by atoms with van der Waals surface area (Å²) >= 11 is 0. The highest BCUT2D eigenvalue weighted by Gasteiger charge is 2.36. The smallest absolute Gasteiger partial charge is 0.0690 e. The summed E-state index contributed by atoms with van der Waals surface area (Å²) < 4.78 is 0. The Morgan fingerprint density at radius 2 is 1.15 bits per heavy atom. The molecule has 0 saturated heterocycles. The van der Waals surface area contributed by atoms with Gasteiger partial charge in [0.15, 0.2) is 0 Å². The molecule has 0 aromatic heterocycles. The molecule has 170 valence electrons. The van der Waals surface area contributed by atoms with Crippen LogP contribution in [0.3, 0.4) is 0 Å². The van der Waals surface area contributed by atoms with Crippen molar-refractivity contribution >= 4 is 21.5 Å². The maximum atomic E-state index is 10.2. The van der Waals surface area contributed by atoms with Crippen molar-refractivity contribution in [3.05, 3.63) is 96.1 Å². The zero-order valence-electron chi connectivity index (χ0n) is 20.5. The summed E-state index contributed by atoms with van der Waals surface area (Å²) in [5.41, 5.74) is 1.44. The number of benzene rings is 4. The van der Waals surface area contributed by atoms with E-state index >= 15 is 0 Å². The molecule has 4 rings (SSSR count). The molecule has 2 nitrogen and oxygen atoms in total. The Bertz CT molecular complexity index is 1390. The summed E-state index contributed by atoms with van der Waals surface area (Å²) in [4.78, 5) is 0. The molecule has 0 aliphatic rings. The van der Waals surface area contributed by atoms with Crippen LogP contribution in [0.5, 0.6) is 0 Å². The number of hydrogen-bond acceptors (Lipinski definition) is 2. The van der Waals surface area contributed by atoms with Gasteiger partial charge in [-0.15, -0.1) is 0 Å². The van der Waals surface area contributed by atoms with Crippen molar-refractivity contribution in [1.82, 2.24) is 0 Å². The van der Waals surface area contributed by atoms with Gasteiger partial charge in [0.05, 0.1) is 23.0 Å². The van der Waals surface area contributed by atoms with Crippen molar-refractivity contribution in [2.75, 3.05) is 0 Å². The zero-order valence-corrected chi connectivity index (χ0v) is 20.5. The van der Waals surface area contributed by atoms with E-state index < -0.39 is 10.8 Å². The predicted octanol–water partition coefficient (Wildman–Crippen LogP) is 8.74. The van der Waals surface area contributed by atoms with E-state index in [1.54, 1.807) is 0 Å². The first-order valence-corrected chi connectivity index (χ1v) is 12.0. The van der Waals surface area contributed by atoms with Crippen LogP contribution in [0.1, 0.15) is 63.5 Å². The molecule has 0 fully saturated rings. The largest absolute Gasteiger partial charge is 0.198 e. The van der Waals surface area contributed by atoms with E-state index in [0.29, 0.717) is 0 Å². The Morgan fingerprint density at radius 3 is 1.71 bits per heavy atom. The molecule has 0 N–H and O–H groups in total. The van der Waals surface area contributed by atoms with Crippen molar-refractivity contribution < 1.29 is 0 Å². The van der Waals surface area contributed by atoms with Crippen LogP contribution in [0.25, 0.3) is 21.5 Å². The average molecular weight is 445 g/mol. The molecule has 0 aliphatic heterocycles. The van der Waals surface area contributed by atoms with Gasteiger partial charge in [0.1, 0.15) is 0 Å². The molecule has 34 heavy (non-hydrogen) atoms. The Hall–Kier alpha value is -3.62. The van der Waals surface area contributed by atoms with Gasteiger partial charge in [-0.05, 0) is 79.1 Å². The lowest BCUT2D eigenvalue weighted by Gasteiger charge is -2.35. The van der Waals surface area contributed by atoms with Gasteiger partial charge in [0, 0.05) is 5.92 Å². The van der Waals surface area contributed by atoms with Gasteiger partial charge >= 0.3 is 0 Å². The van der Waals surface area contributed by atoms with Gasteiger partial charge < -0.3 is 0 Å². The van der Waals surface area contributed by atoms with Crippen LogP contribution in [-0.4, -0.2) is 0 Å². The molecule has 2 heteroatoms. The second-order valence-corrected chi connectivity index (χ2v) is 10.7. The second-order valence-electron chi connectivity index (χ2n) is 10.7. The number of nitriles is 2. The predicted molar refractivity (Wildman–Crippen MR) is 141 cm³/mol. The van der Waals surface area contributed by atoms with Crippen molar-refractivity contribution in [3.8, 4) is 12.1 Å². The molecule has 0 saturated carbocycles. The molecule has 0 amide bonds. The SMILES string of the molecule is CC(C)(C#N)C[C@H](C[C@@H](c1cccc2ccccc12)C(C)(C)C#N)c1cccc2ccccc12. The van der Waals surface area contributed by atoms with Crippen LogP contribution in [0.4, 0.5) is 0 Å². The first-order valence-electron chi connectivity index (χ1n) is 12.0. The summed E-state index contributed by atoms with van der Waals surface area (Å²) in [6, 6.07) is 34.9. The number of nitrogens with zero attached hydrogens (tertiary/aromatic N) is 2. The molecule has 0 spiro atoms. The third-order valence-electron chi connectivity index (χ3n) is 7.20. The summed E-state index contributed by atoms with van der Waals surface area (Å²) in [5, 5.41) is 25.0. The van der Waals surface area contributed by atoms with Crippen molar-refractivity contribution in [1.29, 1.82) is 10.5 Å². The lowest BCUT2D eigenvalue weighted by Crippen LogP contribution is -2.25. The Labute approximate surface area is 203 Å². The van der Waals surface area contributed by atoms with E-state index in [-0.39, 0.29) is 11.8 Å². The lowest BCUT2D eigenvalue weighted by atomic mass is 9.67. The van der Waals surface area contributed by atoms with E-state index in [4.69, 9.17) is 0 Å². The van der Waals surface area contributed by atoms with Crippen LogP contribution in [-0.2, 0) is 0 Å². The molecule has 2 atom stereocenters. The second kappa shape index (κ2) is 9.32. The molecule has 0 heterocycles. The topological polar surface area (TPSA) is 47.6 Å². The minimum absolute atomic E-state index is 0.0158. The molecular formula is C32H32N2. The van der Waals surface area contributed by atoms with Gasteiger partial charge in [-0.2, -0.15) is 10.5 Å². The molecule has 0 radical (unpaired) electrons. The third-order valence-corrected chi connectivity index (χ3v) is 7.20. The van der Waals surface area contributed by atoms with Gasteiger partial charge in [0.25, 0.3) is 0 Å². The molecule has 0 aliphatic carbocycles. The zero-order chi connectivity index (χ0) is 24.3. The van der Waals surface area contributed by atoms with Crippen LogP contribution in [0.2, 0.25) is 0 Å². The number of hydrogen-bond donors (Lipinski definition) is 0. The van der Waals surface area contributed by atoms with Crippen LogP contribution in [0.15, 0.2) is 84.9 Å². The average Bonchev–Trinajstić information content (AvgIpc) is 2.86. The van der Waals surface area contributed by atoms with E-state index in [0.717, 1.165) is 12.8 Å². The summed E-state index contributed by atoms with van der Waals surface area (Å²) in [6.45, 7) is 8.14. The van der Waals surface area contributed by atoms with Crippen molar-refractivity contribution in [2.24, 2.45) is 10.8 Å². The third kappa shape index (κ3) is 4.69. The Kier molecular flexibility index (Phi) is 6.45. The first-order chi connectivity index (χ1) is 16.3. The summed E-state index contributed by atoms with van der Waals surface area (Å²) in [7, 11) is 0. The molecule has 4 aromatic rings. The van der Waals surface area contributed by atoms with Crippen LogP contribution >= 0.6 is 0 Å². The van der Waals surface area contributed by atoms with Crippen molar-refractivity contribution in [3.63, 3.8) is 0 Å². The summed E-state index contributed by atoms with van der Waals surface area (Å²) in [5.74, 6) is 0.152. The first kappa shape index (κ1) is 23.5.